The molecule has 5 nitrogen and oxygen atoms in total. The van der Waals surface area contributed by atoms with E-state index < -0.39 is 5.92 Å². The molecule has 1 aliphatic carbocycles. The molecule has 0 N–H and O–H groups in total. The molecule has 0 radical (unpaired) electrons. The second-order valence-electron chi connectivity index (χ2n) is 4.20. The van der Waals surface area contributed by atoms with Crippen LogP contribution < -0.4 is 0 Å². The second kappa shape index (κ2) is 6.86. The summed E-state index contributed by atoms with van der Waals surface area (Å²) in [5, 5.41) is 0. The van der Waals surface area contributed by atoms with Crippen molar-refractivity contribution >= 4 is 23.4 Å². The van der Waals surface area contributed by atoms with Gasteiger partial charge in [-0.15, -0.1) is 0 Å². The van der Waals surface area contributed by atoms with E-state index in [-0.39, 0.29) is 30.2 Å². The molecule has 0 aromatic carbocycles. The molecule has 1 saturated carbocycles. The largest absolute Gasteiger partial charge is 0.299 e. The quantitative estimate of drug-likeness (QED) is 0.299. The van der Waals surface area contributed by atoms with Crippen molar-refractivity contribution in [2.75, 3.05) is 6.54 Å². The van der Waals surface area contributed by atoms with Gasteiger partial charge in [-0.2, -0.15) is 0 Å². The maximum Gasteiger partial charge on any atom is 0.234 e. The number of aliphatic imine (C=N–C) groups is 1. The number of unbranched alkanes of at least 4 members (excludes halogenated alkanes) is 2. The molecular weight excluding hydrogens is 222 g/mol. The number of Topliss-reactive ketones (excluding diaryl/α,β-unsaturated/α-hetero) is 3. The van der Waals surface area contributed by atoms with Crippen molar-refractivity contribution in [3.63, 3.8) is 0 Å². The molecule has 0 atom stereocenters. The predicted molar refractivity (Wildman–Crippen MR) is 59.2 cm³/mol. The highest BCUT2D eigenvalue weighted by Crippen LogP contribution is 2.20. The van der Waals surface area contributed by atoms with Crippen molar-refractivity contribution < 1.29 is 19.2 Å². The third kappa shape index (κ3) is 4.41. The van der Waals surface area contributed by atoms with Crippen LogP contribution in [-0.4, -0.2) is 30.0 Å². The Bertz CT molecular complexity index is 349. The van der Waals surface area contributed by atoms with Crippen molar-refractivity contribution in [2.45, 2.75) is 38.5 Å². The Morgan fingerprint density at radius 1 is 1.06 bits per heavy atom. The van der Waals surface area contributed by atoms with Gasteiger partial charge in [0, 0.05) is 0 Å². The molecule has 0 bridgehead atoms. The molecular formula is C12H15NO4. The first-order valence-corrected chi connectivity index (χ1v) is 5.76. The second-order valence-corrected chi connectivity index (χ2v) is 4.20. The summed E-state index contributed by atoms with van der Waals surface area (Å²) in [6.07, 6.45) is 4.09. The van der Waals surface area contributed by atoms with Gasteiger partial charge in [0.05, 0.1) is 25.3 Å². The maximum atomic E-state index is 11.5. The van der Waals surface area contributed by atoms with Gasteiger partial charge >= 0.3 is 0 Å². The van der Waals surface area contributed by atoms with Gasteiger partial charge < -0.3 is 0 Å². The summed E-state index contributed by atoms with van der Waals surface area (Å²) in [6.45, 7) is 0.439. The van der Waals surface area contributed by atoms with Crippen LogP contribution >= 0.6 is 0 Å². The van der Waals surface area contributed by atoms with Gasteiger partial charge in [0.2, 0.25) is 6.08 Å². The molecule has 1 aliphatic rings. The van der Waals surface area contributed by atoms with Crippen molar-refractivity contribution in [2.24, 2.45) is 10.9 Å². The van der Waals surface area contributed by atoms with E-state index in [2.05, 4.69) is 4.99 Å². The monoisotopic (exact) mass is 237 g/mol. The molecule has 0 saturated heterocycles. The number of nitrogens with zero attached hydrogens (tertiary/aromatic N) is 1. The van der Waals surface area contributed by atoms with Crippen molar-refractivity contribution in [3.05, 3.63) is 0 Å². The number of rotatable bonds is 6. The first kappa shape index (κ1) is 13.5. The zero-order valence-corrected chi connectivity index (χ0v) is 9.61. The molecule has 0 aromatic rings. The maximum absolute atomic E-state index is 11.5. The van der Waals surface area contributed by atoms with E-state index in [4.69, 9.17) is 0 Å². The molecule has 0 spiro atoms. The molecule has 92 valence electrons. The van der Waals surface area contributed by atoms with Crippen molar-refractivity contribution in [1.82, 2.24) is 0 Å². The van der Waals surface area contributed by atoms with Crippen LogP contribution in [0.2, 0.25) is 0 Å². The van der Waals surface area contributed by atoms with Crippen LogP contribution in [0.25, 0.3) is 0 Å². The smallest absolute Gasteiger partial charge is 0.234 e. The minimum Gasteiger partial charge on any atom is -0.299 e. The van der Waals surface area contributed by atoms with Crippen LogP contribution in [0.4, 0.5) is 0 Å². The Balaban J connectivity index is 2.26. The lowest BCUT2D eigenvalue weighted by atomic mass is 9.82. The fourth-order valence-electron chi connectivity index (χ4n) is 1.96. The Hall–Kier alpha value is -1.61. The minimum absolute atomic E-state index is 0.0914. The lowest BCUT2D eigenvalue weighted by Gasteiger charge is -2.18. The first-order chi connectivity index (χ1) is 8.15. The van der Waals surface area contributed by atoms with E-state index >= 15 is 0 Å². The normalized spacial score (nSPS) is 17.1. The van der Waals surface area contributed by atoms with E-state index in [0.717, 1.165) is 19.3 Å². The lowest BCUT2D eigenvalue weighted by molar-refractivity contribution is -0.141. The van der Waals surface area contributed by atoms with Crippen LogP contribution in [0.1, 0.15) is 38.5 Å². The number of carbonyl (C=O) groups is 3. The molecule has 0 aliphatic heterocycles. The Morgan fingerprint density at radius 3 is 2.29 bits per heavy atom. The van der Waals surface area contributed by atoms with Crippen LogP contribution in [0.3, 0.4) is 0 Å². The molecule has 1 rings (SSSR count). The number of hydrogen-bond donors (Lipinski definition) is 0. The first-order valence-electron chi connectivity index (χ1n) is 5.76. The van der Waals surface area contributed by atoms with E-state index in [0.29, 0.717) is 13.0 Å². The summed E-state index contributed by atoms with van der Waals surface area (Å²) in [5.41, 5.74) is 0. The van der Waals surface area contributed by atoms with Crippen molar-refractivity contribution in [3.8, 4) is 0 Å². The summed E-state index contributed by atoms with van der Waals surface area (Å²) >= 11 is 0. The average Bonchev–Trinajstić information content (AvgIpc) is 2.26. The summed E-state index contributed by atoms with van der Waals surface area (Å²) in [5.74, 6) is -1.33. The molecule has 0 amide bonds. The van der Waals surface area contributed by atoms with Gasteiger partial charge in [-0.3, -0.25) is 14.4 Å². The third-order valence-corrected chi connectivity index (χ3v) is 2.85. The number of ketones is 3. The Labute approximate surface area is 99.3 Å². The molecule has 17 heavy (non-hydrogen) atoms. The van der Waals surface area contributed by atoms with Crippen LogP contribution in [0, 0.1) is 5.92 Å². The zero-order valence-electron chi connectivity index (χ0n) is 9.61. The van der Waals surface area contributed by atoms with Crippen LogP contribution in [0.15, 0.2) is 4.99 Å². The minimum atomic E-state index is -0.581. The van der Waals surface area contributed by atoms with E-state index in [1.54, 1.807) is 0 Å². The average molecular weight is 237 g/mol. The highest BCUT2D eigenvalue weighted by Gasteiger charge is 2.33. The lowest BCUT2D eigenvalue weighted by Crippen LogP contribution is -2.33. The standard InChI is InChI=1S/C12H15NO4/c14-8-13-5-3-1-2-4-10-11(16)6-9(15)7-12(10)17/h10H,1-7H2. The van der Waals surface area contributed by atoms with Gasteiger partial charge in [0.15, 0.2) is 11.6 Å². The van der Waals surface area contributed by atoms with Gasteiger partial charge in [-0.1, -0.05) is 12.8 Å². The Kier molecular flexibility index (Phi) is 5.43. The number of isocyanates is 1. The van der Waals surface area contributed by atoms with Gasteiger partial charge in [0.1, 0.15) is 5.78 Å². The molecule has 5 heteroatoms. The zero-order chi connectivity index (χ0) is 12.7. The highest BCUT2D eigenvalue weighted by atomic mass is 16.2. The highest BCUT2D eigenvalue weighted by molar-refractivity contribution is 6.20. The predicted octanol–water partition coefficient (Wildman–Crippen LogP) is 1.000. The fraction of sp³-hybridized carbons (Fsp3) is 0.667. The SMILES string of the molecule is O=C=NCCCCCC1C(=O)CC(=O)CC1=O. The fourth-order valence-corrected chi connectivity index (χ4v) is 1.96. The number of carbonyl (C=O) groups excluding carboxylic acids is 4. The molecule has 0 aromatic heterocycles. The van der Waals surface area contributed by atoms with Crippen molar-refractivity contribution in [1.29, 1.82) is 0 Å². The molecule has 0 unspecified atom stereocenters. The number of hydrogen-bond acceptors (Lipinski definition) is 5. The van der Waals surface area contributed by atoms with Crippen LogP contribution in [0.5, 0.6) is 0 Å². The Morgan fingerprint density at radius 2 is 1.71 bits per heavy atom. The molecule has 0 heterocycles. The topological polar surface area (TPSA) is 80.6 Å². The summed E-state index contributed by atoms with van der Waals surface area (Å²) in [4.78, 5) is 47.1. The van der Waals surface area contributed by atoms with E-state index in [9.17, 15) is 19.2 Å². The van der Waals surface area contributed by atoms with Crippen LogP contribution in [-0.2, 0) is 19.2 Å². The summed E-state index contributed by atoms with van der Waals surface area (Å²) in [6, 6.07) is 0. The summed E-state index contributed by atoms with van der Waals surface area (Å²) in [7, 11) is 0. The van der Waals surface area contributed by atoms with Gasteiger partial charge in [-0.25, -0.2) is 9.79 Å². The third-order valence-electron chi connectivity index (χ3n) is 2.85. The molecule has 1 fully saturated rings. The summed E-state index contributed by atoms with van der Waals surface area (Å²) < 4.78 is 0. The van der Waals surface area contributed by atoms with Gasteiger partial charge in [0.25, 0.3) is 0 Å². The van der Waals surface area contributed by atoms with E-state index in [1.807, 2.05) is 0 Å². The van der Waals surface area contributed by atoms with E-state index in [1.165, 1.54) is 6.08 Å². The van der Waals surface area contributed by atoms with Gasteiger partial charge in [-0.05, 0) is 12.8 Å².